The van der Waals surface area contributed by atoms with Crippen LogP contribution in [0.4, 0.5) is 17.1 Å². The summed E-state index contributed by atoms with van der Waals surface area (Å²) >= 11 is 0. The molecule has 51 heavy (non-hydrogen) atoms. The van der Waals surface area contributed by atoms with E-state index in [-0.39, 0.29) is 11.3 Å². The predicted octanol–water partition coefficient (Wildman–Crippen LogP) is 13.2. The van der Waals surface area contributed by atoms with Crippen LogP contribution < -0.4 is 4.90 Å². The fourth-order valence-corrected chi connectivity index (χ4v) is 8.64. The van der Waals surface area contributed by atoms with Crippen molar-refractivity contribution >= 4 is 17.1 Å². The molecule has 7 aromatic carbocycles. The van der Waals surface area contributed by atoms with Crippen LogP contribution in [0.5, 0.6) is 0 Å². The van der Waals surface area contributed by atoms with Gasteiger partial charge in [0, 0.05) is 16.9 Å². The number of aryl methyl sites for hydroxylation is 1. The lowest BCUT2D eigenvalue weighted by Gasteiger charge is -2.40. The van der Waals surface area contributed by atoms with Gasteiger partial charge in [-0.3, -0.25) is 0 Å². The molecule has 0 fully saturated rings. The van der Waals surface area contributed by atoms with Crippen LogP contribution in [0.15, 0.2) is 200 Å². The summed E-state index contributed by atoms with van der Waals surface area (Å²) in [5.74, 6) is 0.269. The maximum atomic E-state index is 2.47. The monoisotopic (exact) mass is 653 g/mol. The van der Waals surface area contributed by atoms with E-state index in [1.54, 1.807) is 0 Å². The third kappa shape index (κ3) is 5.16. The molecule has 7 aromatic rings. The molecule has 2 unspecified atom stereocenters. The molecule has 2 aliphatic carbocycles. The SMILES string of the molecule is Cc1ccc(N(c2ccc(-c3ccccc3)cc2)c2ccc(-c3ccccc3)cc2)c2c1C(c1ccccc1)(C1C=CC=CC1)c1ccccc1-2. The Bertz CT molecular complexity index is 2290. The van der Waals surface area contributed by atoms with E-state index in [2.05, 4.69) is 212 Å². The zero-order valence-electron chi connectivity index (χ0n) is 28.8. The maximum Gasteiger partial charge on any atom is 0.0543 e. The van der Waals surface area contributed by atoms with Crippen LogP contribution in [0.3, 0.4) is 0 Å². The van der Waals surface area contributed by atoms with Crippen LogP contribution >= 0.6 is 0 Å². The van der Waals surface area contributed by atoms with Gasteiger partial charge in [0.25, 0.3) is 0 Å². The number of hydrogen-bond donors (Lipinski definition) is 0. The largest absolute Gasteiger partial charge is 0.310 e. The molecule has 0 spiro atoms. The third-order valence-electron chi connectivity index (χ3n) is 10.9. The molecule has 2 atom stereocenters. The van der Waals surface area contributed by atoms with Gasteiger partial charge in [-0.15, -0.1) is 0 Å². The van der Waals surface area contributed by atoms with Crippen molar-refractivity contribution in [2.75, 3.05) is 4.90 Å². The normalized spacial score (nSPS) is 17.2. The lowest BCUT2D eigenvalue weighted by Crippen LogP contribution is -2.36. The topological polar surface area (TPSA) is 3.24 Å². The first-order chi connectivity index (χ1) is 25.2. The summed E-state index contributed by atoms with van der Waals surface area (Å²) in [6.07, 6.45) is 10.2. The highest BCUT2D eigenvalue weighted by Gasteiger charge is 2.51. The van der Waals surface area contributed by atoms with Gasteiger partial charge in [-0.25, -0.2) is 0 Å². The summed E-state index contributed by atoms with van der Waals surface area (Å²) in [7, 11) is 0. The van der Waals surface area contributed by atoms with E-state index in [9.17, 15) is 0 Å². The molecule has 1 nitrogen and oxygen atoms in total. The fourth-order valence-electron chi connectivity index (χ4n) is 8.64. The second-order valence-corrected chi connectivity index (χ2v) is 13.7. The smallest absolute Gasteiger partial charge is 0.0543 e. The Kier molecular flexibility index (Phi) is 7.82. The van der Waals surface area contributed by atoms with E-state index in [1.165, 1.54) is 61.3 Å². The summed E-state index contributed by atoms with van der Waals surface area (Å²) < 4.78 is 0. The number of rotatable bonds is 7. The molecule has 0 radical (unpaired) electrons. The highest BCUT2D eigenvalue weighted by Crippen LogP contribution is 2.61. The Balaban J connectivity index is 1.30. The number of fused-ring (bicyclic) bond motifs is 3. The zero-order chi connectivity index (χ0) is 34.2. The van der Waals surface area contributed by atoms with Gasteiger partial charge < -0.3 is 4.90 Å². The molecule has 0 amide bonds. The molecule has 0 heterocycles. The standard InChI is InChI=1S/C50H39N/c1-36-26-35-47(48-45-24-14-15-25-46(45)50(49(36)48,41-20-10-4-11-21-41)42-22-12-5-13-23-42)51(43-31-27-39(28-32-43)37-16-6-2-7-17-37)44-33-29-40(30-34-44)38-18-8-3-9-19-38/h2-22,24-35,42H,23H2,1H3. The van der Waals surface area contributed by atoms with Crippen molar-refractivity contribution in [3.05, 3.63) is 222 Å². The first-order valence-corrected chi connectivity index (χ1v) is 18.0. The van der Waals surface area contributed by atoms with Crippen LogP contribution in [0.25, 0.3) is 33.4 Å². The van der Waals surface area contributed by atoms with Gasteiger partial charge in [0.1, 0.15) is 0 Å². The summed E-state index contributed by atoms with van der Waals surface area (Å²) in [6, 6.07) is 64.5. The number of anilines is 3. The minimum atomic E-state index is -0.339. The van der Waals surface area contributed by atoms with Gasteiger partial charge in [0.2, 0.25) is 0 Å². The van der Waals surface area contributed by atoms with Crippen LogP contribution in [-0.2, 0) is 5.41 Å². The van der Waals surface area contributed by atoms with Gasteiger partial charge in [0.05, 0.1) is 11.1 Å². The summed E-state index contributed by atoms with van der Waals surface area (Å²) in [4.78, 5) is 2.47. The first kappa shape index (κ1) is 30.8. The molecular formula is C50H39N. The average Bonchev–Trinajstić information content (AvgIpc) is 3.54. The molecular weight excluding hydrogens is 615 g/mol. The first-order valence-electron chi connectivity index (χ1n) is 18.0. The summed E-state index contributed by atoms with van der Waals surface area (Å²) in [6.45, 7) is 2.31. The Morgan fingerprint density at radius 1 is 0.510 bits per heavy atom. The lowest BCUT2D eigenvalue weighted by atomic mass is 9.61. The van der Waals surface area contributed by atoms with E-state index in [4.69, 9.17) is 0 Å². The Labute approximate surface area is 301 Å². The van der Waals surface area contributed by atoms with Crippen molar-refractivity contribution in [2.24, 2.45) is 5.92 Å². The van der Waals surface area contributed by atoms with Crippen molar-refractivity contribution in [3.8, 4) is 33.4 Å². The number of benzene rings is 7. The molecule has 0 N–H and O–H groups in total. The molecule has 2 aliphatic rings. The third-order valence-corrected chi connectivity index (χ3v) is 10.9. The molecule has 244 valence electrons. The highest BCUT2D eigenvalue weighted by atomic mass is 15.1. The average molecular weight is 654 g/mol. The highest BCUT2D eigenvalue weighted by molar-refractivity contribution is 5.97. The van der Waals surface area contributed by atoms with Crippen molar-refractivity contribution < 1.29 is 0 Å². The van der Waals surface area contributed by atoms with Crippen LogP contribution in [-0.4, -0.2) is 0 Å². The molecule has 0 saturated carbocycles. The lowest BCUT2D eigenvalue weighted by molar-refractivity contribution is 0.455. The molecule has 0 aliphatic heterocycles. The van der Waals surface area contributed by atoms with Crippen molar-refractivity contribution in [1.82, 2.24) is 0 Å². The van der Waals surface area contributed by atoms with E-state index in [0.29, 0.717) is 0 Å². The van der Waals surface area contributed by atoms with Crippen molar-refractivity contribution in [3.63, 3.8) is 0 Å². The minimum absolute atomic E-state index is 0.269. The van der Waals surface area contributed by atoms with Crippen LogP contribution in [0.1, 0.15) is 28.7 Å². The van der Waals surface area contributed by atoms with Gasteiger partial charge in [-0.1, -0.05) is 170 Å². The second-order valence-electron chi connectivity index (χ2n) is 13.7. The Hall–Kier alpha value is -6.18. The van der Waals surface area contributed by atoms with E-state index >= 15 is 0 Å². The number of nitrogens with zero attached hydrogens (tertiary/aromatic N) is 1. The summed E-state index contributed by atoms with van der Waals surface area (Å²) in [5.41, 5.74) is 16.0. The second kappa shape index (κ2) is 12.9. The van der Waals surface area contributed by atoms with Crippen LogP contribution in [0, 0.1) is 12.8 Å². The fraction of sp³-hybridized carbons (Fsp3) is 0.0800. The van der Waals surface area contributed by atoms with Gasteiger partial charge >= 0.3 is 0 Å². The molecule has 0 bridgehead atoms. The summed E-state index contributed by atoms with van der Waals surface area (Å²) in [5, 5.41) is 0. The van der Waals surface area contributed by atoms with Gasteiger partial charge in [0.15, 0.2) is 0 Å². The maximum absolute atomic E-state index is 2.47. The molecule has 0 saturated heterocycles. The van der Waals surface area contributed by atoms with Crippen molar-refractivity contribution in [1.29, 1.82) is 0 Å². The Morgan fingerprint density at radius 3 is 1.61 bits per heavy atom. The van der Waals surface area contributed by atoms with Gasteiger partial charge in [-0.2, -0.15) is 0 Å². The predicted molar refractivity (Wildman–Crippen MR) is 215 cm³/mol. The molecule has 1 heteroatoms. The van der Waals surface area contributed by atoms with Gasteiger partial charge in [-0.05, 0) is 99.7 Å². The van der Waals surface area contributed by atoms with E-state index in [1.807, 2.05) is 0 Å². The minimum Gasteiger partial charge on any atom is -0.310 e. The number of allylic oxidation sites excluding steroid dienone is 4. The number of hydrogen-bond acceptors (Lipinski definition) is 1. The van der Waals surface area contributed by atoms with Crippen molar-refractivity contribution in [2.45, 2.75) is 18.8 Å². The van der Waals surface area contributed by atoms with E-state index < -0.39 is 0 Å². The van der Waals surface area contributed by atoms with E-state index in [0.717, 1.165) is 17.8 Å². The zero-order valence-corrected chi connectivity index (χ0v) is 28.8. The molecule has 0 aromatic heterocycles. The Morgan fingerprint density at radius 2 is 1.04 bits per heavy atom. The van der Waals surface area contributed by atoms with Crippen LogP contribution in [0.2, 0.25) is 0 Å². The quantitative estimate of drug-likeness (QED) is 0.165. The molecule has 9 rings (SSSR count).